The largest absolute Gasteiger partial charge is 0.338 e. The summed E-state index contributed by atoms with van der Waals surface area (Å²) in [6.45, 7) is 0.853. The highest BCUT2D eigenvalue weighted by Crippen LogP contribution is 2.33. The van der Waals surface area contributed by atoms with Crippen molar-refractivity contribution < 1.29 is 4.79 Å². The van der Waals surface area contributed by atoms with Gasteiger partial charge in [0.2, 0.25) is 0 Å². The van der Waals surface area contributed by atoms with E-state index in [1.54, 1.807) is 0 Å². The standard InChI is InChI=1S/C8H14N2O/c11-7-9-6-5-8(10-7)3-1-2-4-8/h1-6H2,(H2,9,10,11). The van der Waals surface area contributed by atoms with Crippen LogP contribution in [0, 0.1) is 0 Å². The normalized spacial score (nSPS) is 28.2. The third kappa shape index (κ3) is 1.19. The molecule has 2 aliphatic rings. The summed E-state index contributed by atoms with van der Waals surface area (Å²) in [6.07, 6.45) is 6.03. The number of carbonyl (C=O) groups is 1. The second-order valence-corrected chi connectivity index (χ2v) is 3.62. The van der Waals surface area contributed by atoms with Gasteiger partial charge in [-0.05, 0) is 19.3 Å². The van der Waals surface area contributed by atoms with Gasteiger partial charge in [-0.2, -0.15) is 0 Å². The highest BCUT2D eigenvalue weighted by atomic mass is 16.2. The maximum Gasteiger partial charge on any atom is 0.315 e. The van der Waals surface area contributed by atoms with Crippen LogP contribution < -0.4 is 10.6 Å². The molecule has 1 aliphatic carbocycles. The second-order valence-electron chi connectivity index (χ2n) is 3.62. The van der Waals surface area contributed by atoms with E-state index in [0.29, 0.717) is 0 Å². The van der Waals surface area contributed by atoms with Gasteiger partial charge >= 0.3 is 6.03 Å². The molecule has 3 heteroatoms. The molecule has 0 aromatic rings. The topological polar surface area (TPSA) is 41.1 Å². The van der Waals surface area contributed by atoms with Crippen LogP contribution in [-0.4, -0.2) is 18.1 Å². The fourth-order valence-corrected chi connectivity index (χ4v) is 2.19. The van der Waals surface area contributed by atoms with E-state index < -0.39 is 0 Å². The molecule has 2 amide bonds. The Balaban J connectivity index is 2.05. The first-order chi connectivity index (χ1) is 5.31. The molecule has 1 aliphatic heterocycles. The van der Waals surface area contributed by atoms with Crippen LogP contribution in [0.3, 0.4) is 0 Å². The third-order valence-corrected chi connectivity index (χ3v) is 2.83. The number of nitrogens with one attached hydrogen (secondary N) is 2. The van der Waals surface area contributed by atoms with Gasteiger partial charge in [-0.3, -0.25) is 0 Å². The summed E-state index contributed by atoms with van der Waals surface area (Å²) >= 11 is 0. The lowest BCUT2D eigenvalue weighted by molar-refractivity contribution is 0.206. The van der Waals surface area contributed by atoms with Crippen molar-refractivity contribution in [2.45, 2.75) is 37.6 Å². The first-order valence-electron chi connectivity index (χ1n) is 4.37. The molecule has 0 unspecified atom stereocenters. The number of carbonyl (C=O) groups excluding carboxylic acids is 1. The molecular formula is C8H14N2O. The van der Waals surface area contributed by atoms with Crippen molar-refractivity contribution >= 4 is 6.03 Å². The minimum atomic E-state index is 0.0261. The summed E-state index contributed by atoms with van der Waals surface area (Å²) < 4.78 is 0. The van der Waals surface area contributed by atoms with Gasteiger partial charge in [-0.15, -0.1) is 0 Å². The minimum Gasteiger partial charge on any atom is -0.338 e. The molecule has 3 nitrogen and oxygen atoms in total. The van der Waals surface area contributed by atoms with Gasteiger partial charge in [-0.25, -0.2) is 4.79 Å². The molecule has 0 bridgehead atoms. The maximum atomic E-state index is 11.0. The summed E-state index contributed by atoms with van der Waals surface area (Å²) in [5.41, 5.74) is 0.183. The Labute approximate surface area is 66.5 Å². The first-order valence-corrected chi connectivity index (χ1v) is 4.37. The van der Waals surface area contributed by atoms with Crippen molar-refractivity contribution in [1.82, 2.24) is 10.6 Å². The smallest absolute Gasteiger partial charge is 0.315 e. The van der Waals surface area contributed by atoms with Crippen molar-refractivity contribution in [2.24, 2.45) is 0 Å². The predicted octanol–water partition coefficient (Wildman–Crippen LogP) is 1.00. The molecule has 2 N–H and O–H groups in total. The maximum absolute atomic E-state index is 11.0. The van der Waals surface area contributed by atoms with E-state index in [4.69, 9.17) is 0 Å². The number of hydrogen-bond donors (Lipinski definition) is 2. The number of urea groups is 1. The molecule has 2 fully saturated rings. The van der Waals surface area contributed by atoms with Gasteiger partial charge in [0, 0.05) is 12.1 Å². The number of rotatable bonds is 0. The zero-order valence-electron chi connectivity index (χ0n) is 6.65. The van der Waals surface area contributed by atoms with Crippen molar-refractivity contribution in [1.29, 1.82) is 0 Å². The third-order valence-electron chi connectivity index (χ3n) is 2.83. The molecule has 62 valence electrons. The van der Waals surface area contributed by atoms with Crippen LogP contribution in [0.15, 0.2) is 0 Å². The van der Waals surface area contributed by atoms with E-state index in [2.05, 4.69) is 10.6 Å². The van der Waals surface area contributed by atoms with E-state index in [0.717, 1.165) is 13.0 Å². The minimum absolute atomic E-state index is 0.0261. The van der Waals surface area contributed by atoms with Crippen molar-refractivity contribution in [3.8, 4) is 0 Å². The zero-order valence-corrected chi connectivity index (χ0v) is 6.65. The molecule has 2 rings (SSSR count). The molecule has 1 saturated heterocycles. The fourth-order valence-electron chi connectivity index (χ4n) is 2.19. The van der Waals surface area contributed by atoms with Crippen molar-refractivity contribution in [2.75, 3.05) is 6.54 Å². The van der Waals surface area contributed by atoms with Crippen LogP contribution in [0.25, 0.3) is 0 Å². The number of amides is 2. The van der Waals surface area contributed by atoms with Gasteiger partial charge in [0.15, 0.2) is 0 Å². The van der Waals surface area contributed by atoms with Crippen molar-refractivity contribution in [3.05, 3.63) is 0 Å². The van der Waals surface area contributed by atoms with E-state index in [1.807, 2.05) is 0 Å². The lowest BCUT2D eigenvalue weighted by Crippen LogP contribution is -2.56. The monoisotopic (exact) mass is 154 g/mol. The fraction of sp³-hybridized carbons (Fsp3) is 0.875. The lowest BCUT2D eigenvalue weighted by atomic mass is 9.92. The average molecular weight is 154 g/mol. The Kier molecular flexibility index (Phi) is 1.51. The molecule has 0 radical (unpaired) electrons. The SMILES string of the molecule is O=C1NCCC2(CCCC2)N1. The Bertz CT molecular complexity index is 173. The summed E-state index contributed by atoms with van der Waals surface area (Å²) in [5, 5.41) is 5.82. The molecule has 0 atom stereocenters. The van der Waals surface area contributed by atoms with Crippen LogP contribution in [-0.2, 0) is 0 Å². The van der Waals surface area contributed by atoms with E-state index >= 15 is 0 Å². The van der Waals surface area contributed by atoms with E-state index in [1.165, 1.54) is 25.7 Å². The average Bonchev–Trinajstić information content (AvgIpc) is 2.37. The summed E-state index contributed by atoms with van der Waals surface area (Å²) in [4.78, 5) is 11.0. The predicted molar refractivity (Wildman–Crippen MR) is 42.4 cm³/mol. The summed E-state index contributed by atoms with van der Waals surface area (Å²) in [7, 11) is 0. The number of hydrogen-bond acceptors (Lipinski definition) is 1. The molecular weight excluding hydrogens is 140 g/mol. The quantitative estimate of drug-likeness (QED) is 0.537. The highest BCUT2D eigenvalue weighted by molar-refractivity contribution is 5.75. The summed E-state index contributed by atoms with van der Waals surface area (Å²) in [5.74, 6) is 0. The Hall–Kier alpha value is -0.730. The molecule has 1 spiro atoms. The molecule has 1 saturated carbocycles. The molecule has 0 aromatic carbocycles. The van der Waals surface area contributed by atoms with Gasteiger partial charge in [0.05, 0.1) is 0 Å². The van der Waals surface area contributed by atoms with Crippen LogP contribution in [0.5, 0.6) is 0 Å². The van der Waals surface area contributed by atoms with Gasteiger partial charge in [0.25, 0.3) is 0 Å². The van der Waals surface area contributed by atoms with Gasteiger partial charge in [-0.1, -0.05) is 12.8 Å². The van der Waals surface area contributed by atoms with Crippen LogP contribution in [0.1, 0.15) is 32.1 Å². The molecule has 11 heavy (non-hydrogen) atoms. The highest BCUT2D eigenvalue weighted by Gasteiger charge is 2.37. The van der Waals surface area contributed by atoms with E-state index in [9.17, 15) is 4.79 Å². The van der Waals surface area contributed by atoms with E-state index in [-0.39, 0.29) is 11.6 Å². The van der Waals surface area contributed by atoms with Crippen LogP contribution in [0.2, 0.25) is 0 Å². The molecule has 0 aromatic heterocycles. The summed E-state index contributed by atoms with van der Waals surface area (Å²) in [6, 6.07) is 0.0261. The Morgan fingerprint density at radius 3 is 2.55 bits per heavy atom. The van der Waals surface area contributed by atoms with Crippen molar-refractivity contribution in [3.63, 3.8) is 0 Å². The lowest BCUT2D eigenvalue weighted by Gasteiger charge is -2.34. The zero-order chi connectivity index (χ0) is 7.73. The second kappa shape index (κ2) is 2.40. The Morgan fingerprint density at radius 2 is 1.91 bits per heavy atom. The first kappa shape index (κ1) is 6.95. The van der Waals surface area contributed by atoms with Crippen LogP contribution in [0.4, 0.5) is 4.79 Å². The van der Waals surface area contributed by atoms with Gasteiger partial charge in [0.1, 0.15) is 0 Å². The molecule has 1 heterocycles. The van der Waals surface area contributed by atoms with Crippen LogP contribution >= 0.6 is 0 Å². The Morgan fingerprint density at radius 1 is 1.18 bits per heavy atom. The van der Waals surface area contributed by atoms with Gasteiger partial charge < -0.3 is 10.6 Å².